The van der Waals surface area contributed by atoms with Gasteiger partial charge in [-0.05, 0) is 49.0 Å². The molecule has 1 saturated heterocycles. The number of ketones is 1. The molecule has 0 aromatic heterocycles. The summed E-state index contributed by atoms with van der Waals surface area (Å²) in [5.74, 6) is -4.30. The number of likely N-dealkylation sites (tertiary alicyclic amines) is 1. The summed E-state index contributed by atoms with van der Waals surface area (Å²) in [7, 11) is 3.11. The van der Waals surface area contributed by atoms with E-state index in [0.717, 1.165) is 0 Å². The van der Waals surface area contributed by atoms with Gasteiger partial charge in [-0.3, -0.25) is 28.8 Å². The van der Waals surface area contributed by atoms with Crippen LogP contribution in [-0.2, 0) is 33.5 Å². The lowest BCUT2D eigenvalue weighted by Gasteiger charge is -2.35. The van der Waals surface area contributed by atoms with Crippen LogP contribution in [0.3, 0.4) is 0 Å². The van der Waals surface area contributed by atoms with E-state index in [2.05, 4.69) is 21.3 Å². The Kier molecular flexibility index (Phi) is 14.5. The Morgan fingerprint density at radius 2 is 1.54 bits per heavy atom. The molecule has 1 fully saturated rings. The van der Waals surface area contributed by atoms with E-state index in [-0.39, 0.29) is 31.2 Å². The van der Waals surface area contributed by atoms with Crippen molar-refractivity contribution in [2.24, 2.45) is 16.7 Å². The summed E-state index contributed by atoms with van der Waals surface area (Å²) in [5, 5.41) is 10.3. The van der Waals surface area contributed by atoms with Gasteiger partial charge in [0.2, 0.25) is 29.4 Å². The smallest absolute Gasteiger partial charge is 0.408 e. The Hall–Kier alpha value is -4.49. The number of Topliss-reactive ketones (excluding diaryl/α,β-unsaturated/α-hetero) is 1. The first-order chi connectivity index (χ1) is 23.0. The van der Waals surface area contributed by atoms with Gasteiger partial charge in [0, 0.05) is 20.6 Å². The number of benzene rings is 1. The summed E-state index contributed by atoms with van der Waals surface area (Å²) in [6.07, 6.45) is -0.763. The average Bonchev–Trinajstić information content (AvgIpc) is 3.34. The van der Waals surface area contributed by atoms with E-state index in [9.17, 15) is 33.6 Å². The van der Waals surface area contributed by atoms with E-state index in [1.807, 2.05) is 27.7 Å². The van der Waals surface area contributed by atoms with Gasteiger partial charge in [-0.15, -0.1) is 0 Å². The molecule has 0 spiro atoms. The Morgan fingerprint density at radius 1 is 0.940 bits per heavy atom. The minimum Gasteiger partial charge on any atom is -0.447 e. The molecule has 1 aliphatic rings. The molecule has 2 rings (SSSR count). The zero-order valence-electron chi connectivity index (χ0n) is 31.3. The number of rotatable bonds is 14. The van der Waals surface area contributed by atoms with Crippen LogP contribution in [0.4, 0.5) is 4.79 Å². The first-order valence-corrected chi connectivity index (χ1v) is 17.0. The fraction of sp³-hybridized carbons (Fsp3) is 0.639. The lowest BCUT2D eigenvalue weighted by molar-refractivity contribution is -0.144. The van der Waals surface area contributed by atoms with Gasteiger partial charge in [0.15, 0.2) is 0 Å². The first kappa shape index (κ1) is 41.7. The molecular weight excluding hydrogens is 644 g/mol. The second-order valence-corrected chi connectivity index (χ2v) is 15.6. The number of nitrogens with one attached hydrogen (secondary N) is 4. The highest BCUT2D eigenvalue weighted by Gasteiger charge is 2.48. The molecule has 278 valence electrons. The van der Waals surface area contributed by atoms with Crippen LogP contribution in [0.2, 0.25) is 0 Å². The Labute approximate surface area is 295 Å². The number of nitrogens with zero attached hydrogens (tertiary/aromatic N) is 2. The van der Waals surface area contributed by atoms with Crippen molar-refractivity contribution in [1.82, 2.24) is 31.1 Å². The summed E-state index contributed by atoms with van der Waals surface area (Å²) in [6.45, 7) is 15.9. The number of carbonyl (C=O) groups excluding carboxylic acids is 7. The van der Waals surface area contributed by atoms with Crippen molar-refractivity contribution in [3.63, 3.8) is 0 Å². The quantitative estimate of drug-likeness (QED) is 0.213. The van der Waals surface area contributed by atoms with Crippen molar-refractivity contribution in [3.8, 4) is 0 Å². The third-order valence-corrected chi connectivity index (χ3v) is 8.12. The number of hydrogen-bond donors (Lipinski definition) is 4. The fourth-order valence-corrected chi connectivity index (χ4v) is 5.70. The van der Waals surface area contributed by atoms with Crippen molar-refractivity contribution in [1.29, 1.82) is 0 Å². The lowest BCUT2D eigenvalue weighted by Crippen LogP contribution is -2.59. The minimum absolute atomic E-state index is 0.108. The standard InChI is InChI=1S/C36H56N6O8/c1-21(2)17-24(28(44)31(46)37-19-26(43)39-27(32(47)41(10)11)23-15-13-12-14-16-23)38-30(45)25-18-36(8,9)20-42(25)33(48)29(35(5,6)7)40-34(49)50-22(3)4/h12-16,21-22,24-25,27,29H,17-20H2,1-11H3,(H,37,46)(H,38,45)(H,39,43)(H,40,49)/t24?,25?,27-,29+/m0/s1. The van der Waals surface area contributed by atoms with Crippen LogP contribution in [-0.4, -0.2) is 103 Å². The summed E-state index contributed by atoms with van der Waals surface area (Å²) < 4.78 is 5.22. The lowest BCUT2D eigenvalue weighted by atomic mass is 9.85. The number of ether oxygens (including phenoxy) is 1. The zero-order chi connectivity index (χ0) is 38.1. The van der Waals surface area contributed by atoms with Crippen LogP contribution in [0.15, 0.2) is 30.3 Å². The van der Waals surface area contributed by atoms with E-state index < -0.39 is 83.2 Å². The number of carbonyl (C=O) groups is 7. The first-order valence-electron chi connectivity index (χ1n) is 17.0. The summed E-state index contributed by atoms with van der Waals surface area (Å²) >= 11 is 0. The molecule has 4 N–H and O–H groups in total. The molecule has 1 aromatic carbocycles. The highest BCUT2D eigenvalue weighted by Crippen LogP contribution is 2.36. The molecule has 1 heterocycles. The monoisotopic (exact) mass is 700 g/mol. The van der Waals surface area contributed by atoms with Crippen LogP contribution in [0.1, 0.15) is 86.8 Å². The maximum atomic E-state index is 14.0. The second kappa shape index (κ2) is 17.4. The molecule has 14 heteroatoms. The SMILES string of the molecule is CC(C)CC(NC(=O)C1CC(C)(C)CN1C(=O)[C@@H](NC(=O)OC(C)C)C(C)(C)C)C(=O)C(=O)NCC(=O)N[C@H](C(=O)N(C)C)c1ccccc1. The fourth-order valence-electron chi connectivity index (χ4n) is 5.70. The summed E-state index contributed by atoms with van der Waals surface area (Å²) in [4.78, 5) is 95.2. The highest BCUT2D eigenvalue weighted by molar-refractivity contribution is 6.38. The third-order valence-electron chi connectivity index (χ3n) is 8.12. The molecular formula is C36H56N6O8. The van der Waals surface area contributed by atoms with Crippen LogP contribution in [0, 0.1) is 16.7 Å². The van der Waals surface area contributed by atoms with Crippen molar-refractivity contribution in [2.75, 3.05) is 27.2 Å². The third kappa shape index (κ3) is 12.1. The van der Waals surface area contributed by atoms with Gasteiger partial charge >= 0.3 is 6.09 Å². The maximum absolute atomic E-state index is 14.0. The predicted molar refractivity (Wildman–Crippen MR) is 187 cm³/mol. The van der Waals surface area contributed by atoms with Crippen LogP contribution in [0.5, 0.6) is 0 Å². The van der Waals surface area contributed by atoms with Crippen molar-refractivity contribution >= 4 is 41.4 Å². The van der Waals surface area contributed by atoms with Gasteiger partial charge in [-0.1, -0.05) is 78.8 Å². The Bertz CT molecular complexity index is 1400. The van der Waals surface area contributed by atoms with Crippen molar-refractivity contribution < 1.29 is 38.3 Å². The predicted octanol–water partition coefficient (Wildman–Crippen LogP) is 2.32. The number of likely N-dealkylation sites (N-methyl/N-ethyl adjacent to an activating group) is 1. The molecule has 1 aromatic rings. The zero-order valence-corrected chi connectivity index (χ0v) is 31.3. The van der Waals surface area contributed by atoms with E-state index in [1.54, 1.807) is 79.0 Å². The van der Waals surface area contributed by atoms with E-state index in [0.29, 0.717) is 5.56 Å². The molecule has 0 aliphatic carbocycles. The summed E-state index contributed by atoms with van der Waals surface area (Å²) in [6, 6.07) is 4.37. The molecule has 2 unspecified atom stereocenters. The Balaban J connectivity index is 2.21. The van der Waals surface area contributed by atoms with Crippen molar-refractivity contribution in [2.45, 2.75) is 105 Å². The number of amides is 6. The van der Waals surface area contributed by atoms with E-state index >= 15 is 0 Å². The molecule has 0 saturated carbocycles. The molecule has 14 nitrogen and oxygen atoms in total. The molecule has 1 aliphatic heterocycles. The maximum Gasteiger partial charge on any atom is 0.408 e. The number of alkyl carbamates (subject to hydrolysis) is 1. The van der Waals surface area contributed by atoms with Gasteiger partial charge in [0.1, 0.15) is 18.1 Å². The molecule has 0 radical (unpaired) electrons. The van der Waals surface area contributed by atoms with Crippen LogP contribution < -0.4 is 21.3 Å². The van der Waals surface area contributed by atoms with Crippen LogP contribution in [0.25, 0.3) is 0 Å². The minimum atomic E-state index is -1.24. The largest absolute Gasteiger partial charge is 0.447 e. The normalized spacial score (nSPS) is 17.3. The van der Waals surface area contributed by atoms with E-state index in [1.165, 1.54) is 9.80 Å². The second-order valence-electron chi connectivity index (χ2n) is 15.6. The van der Waals surface area contributed by atoms with Gasteiger partial charge < -0.3 is 35.8 Å². The molecule has 50 heavy (non-hydrogen) atoms. The highest BCUT2D eigenvalue weighted by atomic mass is 16.6. The van der Waals surface area contributed by atoms with Crippen LogP contribution >= 0.6 is 0 Å². The van der Waals surface area contributed by atoms with E-state index in [4.69, 9.17) is 4.74 Å². The molecule has 4 atom stereocenters. The topological polar surface area (TPSA) is 183 Å². The Morgan fingerprint density at radius 3 is 2.06 bits per heavy atom. The van der Waals surface area contributed by atoms with Gasteiger partial charge in [-0.2, -0.15) is 0 Å². The number of hydrogen-bond acceptors (Lipinski definition) is 8. The van der Waals surface area contributed by atoms with Gasteiger partial charge in [0.25, 0.3) is 5.91 Å². The molecule has 0 bridgehead atoms. The molecule has 6 amide bonds. The van der Waals surface area contributed by atoms with Crippen molar-refractivity contribution in [3.05, 3.63) is 35.9 Å². The summed E-state index contributed by atoms with van der Waals surface area (Å²) in [5.41, 5.74) is -0.654. The van der Waals surface area contributed by atoms with Gasteiger partial charge in [0.05, 0.1) is 18.7 Å². The van der Waals surface area contributed by atoms with Gasteiger partial charge in [-0.25, -0.2) is 4.79 Å². The average molecular weight is 701 g/mol.